The highest BCUT2D eigenvalue weighted by Crippen LogP contribution is 2.19. The molecule has 0 aliphatic heterocycles. The van der Waals surface area contributed by atoms with E-state index in [0.717, 1.165) is 16.5 Å². The van der Waals surface area contributed by atoms with Crippen LogP contribution in [0.5, 0.6) is 0 Å². The summed E-state index contributed by atoms with van der Waals surface area (Å²) < 4.78 is 6.85. The van der Waals surface area contributed by atoms with Gasteiger partial charge in [-0.1, -0.05) is 0 Å². The lowest BCUT2D eigenvalue weighted by atomic mass is 10.1. The van der Waals surface area contributed by atoms with Crippen LogP contribution in [0.25, 0.3) is 17.0 Å². The van der Waals surface area contributed by atoms with Gasteiger partial charge < -0.3 is 4.74 Å². The van der Waals surface area contributed by atoms with E-state index in [0.29, 0.717) is 12.2 Å². The number of nitrogens with zero attached hydrogens (tertiary/aromatic N) is 3. The molecule has 86 valence electrons. The molecule has 0 aliphatic carbocycles. The minimum Gasteiger partial charge on any atom is -0.501 e. The van der Waals surface area contributed by atoms with E-state index in [-0.39, 0.29) is 0 Å². The molecule has 2 aromatic rings. The first-order valence-corrected chi connectivity index (χ1v) is 5.40. The largest absolute Gasteiger partial charge is 0.501 e. The zero-order valence-electron chi connectivity index (χ0n) is 9.84. The summed E-state index contributed by atoms with van der Waals surface area (Å²) in [7, 11) is 1.84. The Hall–Kier alpha value is -2.28. The van der Waals surface area contributed by atoms with Gasteiger partial charge in [0.15, 0.2) is 0 Å². The van der Waals surface area contributed by atoms with E-state index in [9.17, 15) is 0 Å². The third-order valence-electron chi connectivity index (χ3n) is 2.39. The number of fused-ring (bicyclic) bond motifs is 1. The molecule has 0 saturated heterocycles. The maximum Gasteiger partial charge on any atom is 0.110 e. The van der Waals surface area contributed by atoms with Crippen LogP contribution in [0.2, 0.25) is 0 Å². The lowest BCUT2D eigenvalue weighted by Gasteiger charge is -1.97. The summed E-state index contributed by atoms with van der Waals surface area (Å²) in [5.41, 5.74) is 2.26. The van der Waals surface area contributed by atoms with Crippen LogP contribution in [0.1, 0.15) is 18.1 Å². The maximum absolute atomic E-state index is 9.09. The zero-order chi connectivity index (χ0) is 12.3. The fourth-order valence-electron chi connectivity index (χ4n) is 1.68. The molecule has 4 nitrogen and oxygen atoms in total. The Balaban J connectivity index is 2.49. The van der Waals surface area contributed by atoms with Gasteiger partial charge in [-0.05, 0) is 30.7 Å². The van der Waals surface area contributed by atoms with Crippen LogP contribution in [-0.2, 0) is 11.8 Å². The Labute approximate surface area is 99.7 Å². The molecule has 4 heteroatoms. The first-order valence-electron chi connectivity index (χ1n) is 5.40. The monoisotopic (exact) mass is 227 g/mol. The molecule has 0 aliphatic rings. The average molecular weight is 227 g/mol. The molecule has 0 N–H and O–H groups in total. The average Bonchev–Trinajstić information content (AvgIpc) is 2.68. The highest BCUT2D eigenvalue weighted by molar-refractivity contribution is 5.86. The van der Waals surface area contributed by atoms with Crippen molar-refractivity contribution in [1.82, 2.24) is 9.78 Å². The number of hydrogen-bond donors (Lipinski definition) is 0. The SMILES string of the molecule is CCOC=Cc1cc(C#N)c2nn(C)cc2c1. The highest BCUT2D eigenvalue weighted by Gasteiger charge is 2.06. The van der Waals surface area contributed by atoms with Gasteiger partial charge in [-0.2, -0.15) is 10.4 Å². The number of nitriles is 1. The van der Waals surface area contributed by atoms with E-state index in [4.69, 9.17) is 10.00 Å². The van der Waals surface area contributed by atoms with Crippen molar-refractivity contribution in [3.05, 3.63) is 35.7 Å². The van der Waals surface area contributed by atoms with Gasteiger partial charge in [0.2, 0.25) is 0 Å². The van der Waals surface area contributed by atoms with Gasteiger partial charge in [-0.15, -0.1) is 0 Å². The van der Waals surface area contributed by atoms with Crippen molar-refractivity contribution < 1.29 is 4.74 Å². The minimum atomic E-state index is 0.583. The first kappa shape index (κ1) is 11.2. The number of aromatic nitrogens is 2. The van der Waals surface area contributed by atoms with Crippen LogP contribution < -0.4 is 0 Å². The zero-order valence-corrected chi connectivity index (χ0v) is 9.84. The molecule has 1 aromatic heterocycles. The topological polar surface area (TPSA) is 50.8 Å². The number of hydrogen-bond acceptors (Lipinski definition) is 3. The van der Waals surface area contributed by atoms with Crippen LogP contribution >= 0.6 is 0 Å². The standard InChI is InChI=1S/C13H13N3O/c1-3-17-5-4-10-6-11(8-14)13-12(7-10)9-16(2)15-13/h4-7,9H,3H2,1-2H3. The second-order valence-corrected chi connectivity index (χ2v) is 3.68. The quantitative estimate of drug-likeness (QED) is 0.757. The molecular weight excluding hydrogens is 214 g/mol. The molecule has 2 rings (SSSR count). The van der Waals surface area contributed by atoms with Gasteiger partial charge in [0, 0.05) is 18.6 Å². The normalized spacial score (nSPS) is 10.9. The molecule has 0 radical (unpaired) electrons. The molecule has 0 atom stereocenters. The third kappa shape index (κ3) is 2.28. The summed E-state index contributed by atoms with van der Waals surface area (Å²) in [4.78, 5) is 0. The molecule has 0 bridgehead atoms. The Kier molecular flexibility index (Phi) is 3.10. The summed E-state index contributed by atoms with van der Waals surface area (Å²) in [5, 5.41) is 14.3. The summed E-state index contributed by atoms with van der Waals surface area (Å²) >= 11 is 0. The third-order valence-corrected chi connectivity index (χ3v) is 2.39. The fraction of sp³-hybridized carbons (Fsp3) is 0.231. The smallest absolute Gasteiger partial charge is 0.110 e. The summed E-state index contributed by atoms with van der Waals surface area (Å²) in [6, 6.07) is 5.96. The molecular formula is C13H13N3O. The maximum atomic E-state index is 9.09. The Morgan fingerprint density at radius 2 is 2.35 bits per heavy atom. The molecule has 0 saturated carbocycles. The molecule has 17 heavy (non-hydrogen) atoms. The van der Waals surface area contributed by atoms with Crippen LogP contribution in [0.15, 0.2) is 24.6 Å². The van der Waals surface area contributed by atoms with Gasteiger partial charge in [0.1, 0.15) is 11.6 Å². The van der Waals surface area contributed by atoms with Crippen molar-refractivity contribution in [3.8, 4) is 6.07 Å². The van der Waals surface area contributed by atoms with Crippen molar-refractivity contribution in [3.63, 3.8) is 0 Å². The van der Waals surface area contributed by atoms with E-state index < -0.39 is 0 Å². The Morgan fingerprint density at radius 3 is 3.06 bits per heavy atom. The van der Waals surface area contributed by atoms with E-state index in [2.05, 4.69) is 11.2 Å². The van der Waals surface area contributed by atoms with Gasteiger partial charge in [0.05, 0.1) is 18.4 Å². The number of rotatable bonds is 3. The minimum absolute atomic E-state index is 0.583. The summed E-state index contributed by atoms with van der Waals surface area (Å²) in [6.07, 6.45) is 5.38. The second-order valence-electron chi connectivity index (χ2n) is 3.68. The van der Waals surface area contributed by atoms with E-state index in [1.54, 1.807) is 10.9 Å². The van der Waals surface area contributed by atoms with Gasteiger partial charge in [-0.3, -0.25) is 4.68 Å². The molecule has 0 fully saturated rings. The molecule has 0 spiro atoms. The summed E-state index contributed by atoms with van der Waals surface area (Å²) in [6.45, 7) is 2.56. The lowest BCUT2D eigenvalue weighted by molar-refractivity contribution is 0.272. The number of benzene rings is 1. The highest BCUT2D eigenvalue weighted by atomic mass is 16.5. The predicted molar refractivity (Wildman–Crippen MR) is 66.1 cm³/mol. The van der Waals surface area contributed by atoms with E-state index >= 15 is 0 Å². The van der Waals surface area contributed by atoms with Crippen molar-refractivity contribution in [1.29, 1.82) is 5.26 Å². The van der Waals surface area contributed by atoms with Crippen molar-refractivity contribution in [2.45, 2.75) is 6.92 Å². The first-order chi connectivity index (χ1) is 8.24. The molecule has 0 unspecified atom stereocenters. The van der Waals surface area contributed by atoms with Gasteiger partial charge >= 0.3 is 0 Å². The van der Waals surface area contributed by atoms with Gasteiger partial charge in [-0.25, -0.2) is 0 Å². The van der Waals surface area contributed by atoms with E-state index in [1.165, 1.54) is 0 Å². The van der Waals surface area contributed by atoms with E-state index in [1.807, 2.05) is 38.4 Å². The lowest BCUT2D eigenvalue weighted by Crippen LogP contribution is -1.86. The van der Waals surface area contributed by atoms with Crippen LogP contribution in [-0.4, -0.2) is 16.4 Å². The number of ether oxygens (including phenoxy) is 1. The predicted octanol–water partition coefficient (Wildman–Crippen LogP) is 2.45. The molecule has 0 amide bonds. The Morgan fingerprint density at radius 1 is 1.53 bits per heavy atom. The molecule has 1 aromatic carbocycles. The second kappa shape index (κ2) is 4.71. The molecule has 1 heterocycles. The van der Waals surface area contributed by atoms with Gasteiger partial charge in [0.25, 0.3) is 0 Å². The van der Waals surface area contributed by atoms with Crippen molar-refractivity contribution in [2.24, 2.45) is 7.05 Å². The Bertz CT molecular complexity index is 605. The summed E-state index contributed by atoms with van der Waals surface area (Å²) in [5.74, 6) is 0. The fourth-order valence-corrected chi connectivity index (χ4v) is 1.68. The van der Waals surface area contributed by atoms with Crippen molar-refractivity contribution in [2.75, 3.05) is 6.61 Å². The van der Waals surface area contributed by atoms with Crippen molar-refractivity contribution >= 4 is 17.0 Å². The van der Waals surface area contributed by atoms with Crippen LogP contribution in [0.3, 0.4) is 0 Å². The number of aryl methyl sites for hydroxylation is 1. The van der Waals surface area contributed by atoms with Crippen LogP contribution in [0.4, 0.5) is 0 Å². The van der Waals surface area contributed by atoms with Crippen LogP contribution in [0, 0.1) is 11.3 Å².